The molecule has 0 atom stereocenters. The Morgan fingerprint density at radius 1 is 1.15 bits per heavy atom. The second-order valence-electron chi connectivity index (χ2n) is 7.73. The lowest BCUT2D eigenvalue weighted by Crippen LogP contribution is -2.44. The molecule has 0 aliphatic carbocycles. The number of aromatic nitrogens is 1. The molecule has 0 unspecified atom stereocenters. The van der Waals surface area contributed by atoms with Gasteiger partial charge in [-0.15, -0.1) is 0 Å². The minimum absolute atomic E-state index is 0.166. The minimum Gasteiger partial charge on any atom is -0.338 e. The van der Waals surface area contributed by atoms with Crippen LogP contribution in [0, 0.1) is 13.8 Å². The van der Waals surface area contributed by atoms with Crippen molar-refractivity contribution in [3.8, 4) is 5.69 Å². The number of hydrogen-bond donors (Lipinski definition) is 1. The van der Waals surface area contributed by atoms with Gasteiger partial charge >= 0.3 is 0 Å². The number of amides is 1. The first-order valence-corrected chi connectivity index (χ1v) is 9.68. The fraction of sp³-hybridized carbons (Fsp3) is 0.500. The van der Waals surface area contributed by atoms with Crippen LogP contribution in [0.4, 0.5) is 0 Å². The van der Waals surface area contributed by atoms with Crippen LogP contribution in [0.15, 0.2) is 30.3 Å². The summed E-state index contributed by atoms with van der Waals surface area (Å²) in [5.74, 6) is 0.652. The summed E-state index contributed by atoms with van der Waals surface area (Å²) in [4.78, 5) is 15.1. The molecule has 1 aliphatic heterocycles. The summed E-state index contributed by atoms with van der Waals surface area (Å²) in [5.41, 5.74) is 5.43. The molecule has 1 amide bonds. The predicted molar refractivity (Wildman–Crippen MR) is 107 cm³/mol. The Bertz CT molecular complexity index is 783. The topological polar surface area (TPSA) is 37.3 Å². The van der Waals surface area contributed by atoms with E-state index in [1.807, 2.05) is 18.0 Å². The van der Waals surface area contributed by atoms with Crippen LogP contribution < -0.4 is 5.32 Å². The minimum atomic E-state index is 0.166. The fourth-order valence-corrected chi connectivity index (χ4v) is 3.94. The third-order valence-corrected chi connectivity index (χ3v) is 5.65. The van der Waals surface area contributed by atoms with E-state index in [1.54, 1.807) is 0 Å². The molecule has 26 heavy (non-hydrogen) atoms. The average molecular weight is 354 g/mol. The molecule has 3 rings (SSSR count). The van der Waals surface area contributed by atoms with Gasteiger partial charge in [-0.05, 0) is 63.4 Å². The molecule has 1 aromatic carbocycles. The number of aryl methyl sites for hydroxylation is 1. The summed E-state index contributed by atoms with van der Waals surface area (Å²) >= 11 is 0. The zero-order valence-electron chi connectivity index (χ0n) is 16.7. The Balaban J connectivity index is 1.89. The molecule has 2 heterocycles. The van der Waals surface area contributed by atoms with Crippen LogP contribution in [0.1, 0.15) is 59.9 Å². The van der Waals surface area contributed by atoms with Crippen LogP contribution in [0.5, 0.6) is 0 Å². The molecule has 4 nitrogen and oxygen atoms in total. The summed E-state index contributed by atoms with van der Waals surface area (Å²) in [6.07, 6.45) is 2.05. The molecule has 1 aromatic heterocycles. The van der Waals surface area contributed by atoms with Crippen LogP contribution >= 0.6 is 0 Å². The Morgan fingerprint density at radius 2 is 1.85 bits per heavy atom. The second-order valence-corrected chi connectivity index (χ2v) is 7.73. The first kappa shape index (κ1) is 18.7. The summed E-state index contributed by atoms with van der Waals surface area (Å²) in [7, 11) is 2.00. The highest BCUT2D eigenvalue weighted by Crippen LogP contribution is 2.25. The van der Waals surface area contributed by atoms with Gasteiger partial charge in [0.15, 0.2) is 0 Å². The molecule has 1 saturated heterocycles. The molecule has 140 valence electrons. The van der Waals surface area contributed by atoms with Crippen LogP contribution in [0.3, 0.4) is 0 Å². The molecule has 1 fully saturated rings. The summed E-state index contributed by atoms with van der Waals surface area (Å²) in [6, 6.07) is 11.2. The second kappa shape index (κ2) is 7.67. The van der Waals surface area contributed by atoms with Gasteiger partial charge in [0, 0.05) is 36.2 Å². The van der Waals surface area contributed by atoms with Gasteiger partial charge in [-0.1, -0.05) is 26.0 Å². The van der Waals surface area contributed by atoms with E-state index in [-0.39, 0.29) is 5.91 Å². The van der Waals surface area contributed by atoms with Gasteiger partial charge in [-0.25, -0.2) is 0 Å². The van der Waals surface area contributed by atoms with Crippen molar-refractivity contribution >= 4 is 5.91 Å². The fourth-order valence-electron chi connectivity index (χ4n) is 3.94. The van der Waals surface area contributed by atoms with Crippen molar-refractivity contribution in [3.05, 3.63) is 52.8 Å². The Morgan fingerprint density at radius 3 is 2.46 bits per heavy atom. The van der Waals surface area contributed by atoms with Gasteiger partial charge in [0.25, 0.3) is 5.91 Å². The molecular formula is C22H31N3O. The van der Waals surface area contributed by atoms with Crippen molar-refractivity contribution in [1.29, 1.82) is 0 Å². The number of benzene rings is 1. The highest BCUT2D eigenvalue weighted by molar-refractivity contribution is 5.96. The Kier molecular flexibility index (Phi) is 5.52. The van der Waals surface area contributed by atoms with Gasteiger partial charge in [-0.2, -0.15) is 0 Å². The van der Waals surface area contributed by atoms with E-state index >= 15 is 0 Å². The van der Waals surface area contributed by atoms with E-state index in [0.29, 0.717) is 12.0 Å². The van der Waals surface area contributed by atoms with Gasteiger partial charge in [0.1, 0.15) is 0 Å². The number of carbonyl (C=O) groups excluding carboxylic acids is 1. The van der Waals surface area contributed by atoms with Crippen molar-refractivity contribution in [1.82, 2.24) is 14.8 Å². The monoisotopic (exact) mass is 353 g/mol. The smallest absolute Gasteiger partial charge is 0.255 e. The van der Waals surface area contributed by atoms with Crippen molar-refractivity contribution in [2.24, 2.45) is 0 Å². The van der Waals surface area contributed by atoms with Crippen molar-refractivity contribution in [2.75, 3.05) is 20.1 Å². The number of likely N-dealkylation sites (tertiary alicyclic amines) is 1. The average Bonchev–Trinajstić information content (AvgIpc) is 2.95. The maximum atomic E-state index is 13.1. The molecule has 2 aromatic rings. The van der Waals surface area contributed by atoms with E-state index < -0.39 is 0 Å². The van der Waals surface area contributed by atoms with E-state index in [0.717, 1.165) is 48.6 Å². The van der Waals surface area contributed by atoms with E-state index in [9.17, 15) is 4.79 Å². The first-order valence-electron chi connectivity index (χ1n) is 9.68. The Labute approximate surface area is 157 Å². The van der Waals surface area contributed by atoms with E-state index in [4.69, 9.17) is 0 Å². The number of carbonyl (C=O) groups is 1. The molecule has 0 radical (unpaired) electrons. The number of hydrogen-bond acceptors (Lipinski definition) is 2. The highest BCUT2D eigenvalue weighted by atomic mass is 16.2. The lowest BCUT2D eigenvalue weighted by molar-refractivity contribution is 0.0706. The maximum Gasteiger partial charge on any atom is 0.255 e. The molecule has 0 saturated carbocycles. The lowest BCUT2D eigenvalue weighted by atomic mass is 10.0. The molecule has 1 N–H and O–H groups in total. The maximum absolute atomic E-state index is 13.1. The zero-order chi connectivity index (χ0) is 18.8. The van der Waals surface area contributed by atoms with E-state index in [1.165, 1.54) is 5.56 Å². The SMILES string of the molecule is CNC1CCN(C(=O)c2cc(C)n(-c3cccc(C(C)C)c3)c2C)CC1. The first-order chi connectivity index (χ1) is 12.4. The number of piperidine rings is 1. The molecule has 0 bridgehead atoms. The quantitative estimate of drug-likeness (QED) is 0.901. The normalized spacial score (nSPS) is 15.7. The van der Waals surface area contributed by atoms with Gasteiger partial charge < -0.3 is 14.8 Å². The lowest BCUT2D eigenvalue weighted by Gasteiger charge is -2.31. The summed E-state index contributed by atoms with van der Waals surface area (Å²) in [6.45, 7) is 10.2. The number of rotatable bonds is 4. The van der Waals surface area contributed by atoms with Crippen LogP contribution in [-0.4, -0.2) is 41.6 Å². The predicted octanol–water partition coefficient (Wildman–Crippen LogP) is 4.04. The standard InChI is InChI=1S/C22H31N3O/c1-15(2)18-7-6-8-20(14-18)25-16(3)13-21(17(25)4)22(26)24-11-9-19(23-5)10-12-24/h6-8,13-15,19,23H,9-12H2,1-5H3. The zero-order valence-corrected chi connectivity index (χ0v) is 16.7. The van der Waals surface area contributed by atoms with Crippen LogP contribution in [0.25, 0.3) is 5.69 Å². The van der Waals surface area contributed by atoms with Gasteiger partial charge in [0.05, 0.1) is 5.56 Å². The van der Waals surface area contributed by atoms with Crippen LogP contribution in [0.2, 0.25) is 0 Å². The Hall–Kier alpha value is -2.07. The molecule has 4 heteroatoms. The third-order valence-electron chi connectivity index (χ3n) is 5.65. The molecule has 0 spiro atoms. The van der Waals surface area contributed by atoms with Crippen molar-refractivity contribution in [2.45, 2.75) is 52.5 Å². The van der Waals surface area contributed by atoms with Gasteiger partial charge in [-0.3, -0.25) is 4.79 Å². The molecule has 1 aliphatic rings. The van der Waals surface area contributed by atoms with Crippen LogP contribution in [-0.2, 0) is 0 Å². The number of nitrogens with one attached hydrogen (secondary N) is 1. The number of nitrogens with zero attached hydrogens (tertiary/aromatic N) is 2. The van der Waals surface area contributed by atoms with Gasteiger partial charge in [0.2, 0.25) is 0 Å². The highest BCUT2D eigenvalue weighted by Gasteiger charge is 2.25. The van der Waals surface area contributed by atoms with Crippen molar-refractivity contribution in [3.63, 3.8) is 0 Å². The van der Waals surface area contributed by atoms with E-state index in [2.05, 4.69) is 61.8 Å². The summed E-state index contributed by atoms with van der Waals surface area (Å²) < 4.78 is 2.21. The molecular weight excluding hydrogens is 322 g/mol. The summed E-state index contributed by atoms with van der Waals surface area (Å²) in [5, 5.41) is 3.32. The van der Waals surface area contributed by atoms with Crippen molar-refractivity contribution < 1.29 is 4.79 Å². The third kappa shape index (κ3) is 3.56. The largest absolute Gasteiger partial charge is 0.338 e.